The van der Waals surface area contributed by atoms with Crippen LogP contribution in [-0.2, 0) is 17.7 Å². The van der Waals surface area contributed by atoms with Gasteiger partial charge in [-0.1, -0.05) is 54.6 Å². The van der Waals surface area contributed by atoms with Gasteiger partial charge in [0.25, 0.3) is 0 Å². The molecule has 0 aromatic heterocycles. The Hall–Kier alpha value is -2.22. The molecule has 0 spiro atoms. The minimum Gasteiger partial charge on any atom is -0.760 e. The van der Waals surface area contributed by atoms with Gasteiger partial charge in [0, 0.05) is 43.5 Å². The van der Waals surface area contributed by atoms with Crippen molar-refractivity contribution in [1.29, 1.82) is 0 Å². The molecule has 30 heavy (non-hydrogen) atoms. The Bertz CT molecular complexity index is 888. The van der Waals surface area contributed by atoms with Crippen LogP contribution in [0.1, 0.15) is 24.8 Å². The van der Waals surface area contributed by atoms with E-state index in [4.69, 9.17) is 0 Å². The molecule has 2 amide bonds. The van der Waals surface area contributed by atoms with E-state index in [1.165, 1.54) is 16.7 Å². The molecule has 2 saturated heterocycles. The summed E-state index contributed by atoms with van der Waals surface area (Å²) in [5.41, 5.74) is 3.56. The van der Waals surface area contributed by atoms with E-state index in [1.54, 1.807) is 0 Å². The number of hydrogen-bond acceptors (Lipinski definition) is 3. The van der Waals surface area contributed by atoms with Crippen LogP contribution in [0.15, 0.2) is 54.6 Å². The van der Waals surface area contributed by atoms with Gasteiger partial charge in [-0.25, -0.2) is 9.52 Å². The fourth-order valence-corrected chi connectivity index (χ4v) is 4.82. The molecule has 2 aromatic carbocycles. The van der Waals surface area contributed by atoms with Crippen LogP contribution in [0.2, 0.25) is 0 Å². The van der Waals surface area contributed by atoms with Crippen LogP contribution in [0, 0.1) is 5.92 Å². The largest absolute Gasteiger partial charge is 0.760 e. The molecule has 2 heterocycles. The molecule has 4 rings (SSSR count). The summed E-state index contributed by atoms with van der Waals surface area (Å²) in [5.74, 6) is 0.284. The number of nitrogens with one attached hydrogen (secondary N) is 1. The van der Waals surface area contributed by atoms with Crippen molar-refractivity contribution in [2.75, 3.05) is 26.2 Å². The van der Waals surface area contributed by atoms with Gasteiger partial charge in [-0.3, -0.25) is 4.21 Å². The summed E-state index contributed by atoms with van der Waals surface area (Å²) in [7, 11) is 0. The maximum absolute atomic E-state index is 13.0. The van der Waals surface area contributed by atoms with Crippen molar-refractivity contribution >= 4 is 17.3 Å². The van der Waals surface area contributed by atoms with Crippen LogP contribution >= 0.6 is 0 Å². The summed E-state index contributed by atoms with van der Waals surface area (Å²) in [5, 5.41) is 0. The molecule has 6 nitrogen and oxygen atoms in total. The quantitative estimate of drug-likeness (QED) is 0.691. The van der Waals surface area contributed by atoms with Crippen LogP contribution in [-0.4, -0.2) is 56.8 Å². The zero-order chi connectivity index (χ0) is 20.9. The van der Waals surface area contributed by atoms with Crippen molar-refractivity contribution in [3.63, 3.8) is 0 Å². The number of benzene rings is 2. The Kier molecular flexibility index (Phi) is 6.82. The van der Waals surface area contributed by atoms with Crippen molar-refractivity contribution in [2.24, 2.45) is 5.92 Å². The van der Waals surface area contributed by atoms with E-state index in [0.29, 0.717) is 6.54 Å². The Morgan fingerprint density at radius 3 is 2.53 bits per heavy atom. The lowest BCUT2D eigenvalue weighted by Gasteiger charge is -2.38. The van der Waals surface area contributed by atoms with Crippen molar-refractivity contribution in [3.05, 3.63) is 60.2 Å². The predicted octanol–water partition coefficient (Wildman–Crippen LogP) is 3.19. The van der Waals surface area contributed by atoms with Crippen LogP contribution in [0.3, 0.4) is 0 Å². The van der Waals surface area contributed by atoms with Crippen molar-refractivity contribution < 1.29 is 13.6 Å². The van der Waals surface area contributed by atoms with Gasteiger partial charge >= 0.3 is 6.03 Å². The average Bonchev–Trinajstić information content (AvgIpc) is 3.10. The molecular formula is C23H28N3O3S-. The zero-order valence-corrected chi connectivity index (χ0v) is 17.9. The van der Waals surface area contributed by atoms with Crippen molar-refractivity contribution in [2.45, 2.75) is 31.7 Å². The summed E-state index contributed by atoms with van der Waals surface area (Å²) in [6, 6.07) is 19.0. The minimum atomic E-state index is -2.24. The molecule has 0 aliphatic carbocycles. The zero-order valence-electron chi connectivity index (χ0n) is 17.0. The molecule has 0 radical (unpaired) electrons. The first-order valence-corrected chi connectivity index (χ1v) is 11.7. The highest BCUT2D eigenvalue weighted by Crippen LogP contribution is 2.32. The highest BCUT2D eigenvalue weighted by molar-refractivity contribution is 7.77. The van der Waals surface area contributed by atoms with Gasteiger partial charge in [0.1, 0.15) is 0 Å². The third kappa shape index (κ3) is 4.91. The summed E-state index contributed by atoms with van der Waals surface area (Å²) in [6.45, 7) is 2.83. The first-order chi connectivity index (χ1) is 14.6. The number of amides is 2. The Labute approximate surface area is 180 Å². The standard InChI is InChI=1S/C23H29N3O3S/c27-23(25-13-5-14-25)26-15-11-20(10-12-24-30(28)29)22(26)17-18-6-4-9-21(16-18)19-7-2-1-3-8-19/h1-4,6-9,16,20,22,24H,5,10-15,17H2,(H,28,29)/p-1/t20-,22+/m1/s1. The van der Waals surface area contributed by atoms with Gasteiger partial charge in [0.15, 0.2) is 0 Å². The average molecular weight is 427 g/mol. The monoisotopic (exact) mass is 426 g/mol. The van der Waals surface area contributed by atoms with E-state index in [-0.39, 0.29) is 18.0 Å². The third-order valence-electron chi connectivity index (χ3n) is 6.27. The normalized spacial score (nSPS) is 22.0. The Morgan fingerprint density at radius 2 is 1.83 bits per heavy atom. The van der Waals surface area contributed by atoms with Gasteiger partial charge in [-0.15, -0.1) is 0 Å². The molecule has 2 fully saturated rings. The van der Waals surface area contributed by atoms with Crippen LogP contribution < -0.4 is 4.72 Å². The molecule has 160 valence electrons. The summed E-state index contributed by atoms with van der Waals surface area (Å²) in [6.07, 6.45) is 3.51. The van der Waals surface area contributed by atoms with Crippen LogP contribution in [0.25, 0.3) is 11.1 Å². The lowest BCUT2D eigenvalue weighted by Crippen LogP contribution is -2.52. The van der Waals surface area contributed by atoms with Crippen LogP contribution in [0.4, 0.5) is 4.79 Å². The lowest BCUT2D eigenvalue weighted by atomic mass is 9.90. The predicted molar refractivity (Wildman–Crippen MR) is 117 cm³/mol. The number of likely N-dealkylation sites (tertiary alicyclic amines) is 2. The van der Waals surface area contributed by atoms with E-state index in [0.717, 1.165) is 45.3 Å². The molecule has 1 N–H and O–H groups in total. The maximum Gasteiger partial charge on any atom is 0.320 e. The first kappa shape index (κ1) is 21.0. The second-order valence-electron chi connectivity index (χ2n) is 8.12. The SMILES string of the molecule is O=C(N1CCC1)N1CC[C@@H](CCNS(=O)[O-])[C@@H]1Cc1cccc(-c2ccccc2)c1. The molecule has 1 unspecified atom stereocenters. The van der Waals surface area contributed by atoms with Gasteiger partial charge in [0.05, 0.1) is 0 Å². The summed E-state index contributed by atoms with van der Waals surface area (Å²) < 4.78 is 24.2. The van der Waals surface area contributed by atoms with E-state index >= 15 is 0 Å². The molecule has 7 heteroatoms. The topological polar surface area (TPSA) is 75.7 Å². The van der Waals surface area contributed by atoms with Gasteiger partial charge in [-0.05, 0) is 48.3 Å². The third-order valence-corrected chi connectivity index (χ3v) is 6.71. The van der Waals surface area contributed by atoms with Gasteiger partial charge < -0.3 is 14.4 Å². The minimum absolute atomic E-state index is 0.0889. The number of urea groups is 1. The van der Waals surface area contributed by atoms with E-state index in [2.05, 4.69) is 41.1 Å². The highest BCUT2D eigenvalue weighted by Gasteiger charge is 2.39. The fourth-order valence-electron chi connectivity index (χ4n) is 4.54. The summed E-state index contributed by atoms with van der Waals surface area (Å²) in [4.78, 5) is 16.9. The Balaban J connectivity index is 1.52. The first-order valence-electron chi connectivity index (χ1n) is 10.6. The molecular weight excluding hydrogens is 398 g/mol. The lowest BCUT2D eigenvalue weighted by molar-refractivity contribution is 0.117. The van der Waals surface area contributed by atoms with Gasteiger partial charge in [-0.2, -0.15) is 0 Å². The van der Waals surface area contributed by atoms with E-state index in [9.17, 15) is 13.6 Å². The maximum atomic E-state index is 13.0. The van der Waals surface area contributed by atoms with E-state index < -0.39 is 11.3 Å². The molecule has 2 aliphatic rings. The molecule has 0 bridgehead atoms. The smallest absolute Gasteiger partial charge is 0.320 e. The number of rotatable bonds is 7. The molecule has 2 aliphatic heterocycles. The fraction of sp³-hybridized carbons (Fsp3) is 0.435. The second kappa shape index (κ2) is 9.73. The van der Waals surface area contributed by atoms with Crippen LogP contribution in [0.5, 0.6) is 0 Å². The molecule has 3 atom stereocenters. The second-order valence-corrected chi connectivity index (χ2v) is 8.88. The number of nitrogens with zero attached hydrogens (tertiary/aromatic N) is 2. The summed E-state index contributed by atoms with van der Waals surface area (Å²) >= 11 is -2.24. The Morgan fingerprint density at radius 1 is 1.07 bits per heavy atom. The van der Waals surface area contributed by atoms with Crippen molar-refractivity contribution in [3.8, 4) is 11.1 Å². The van der Waals surface area contributed by atoms with Gasteiger partial charge in [0.2, 0.25) is 0 Å². The molecule has 0 saturated carbocycles. The van der Waals surface area contributed by atoms with E-state index in [1.807, 2.05) is 28.0 Å². The van der Waals surface area contributed by atoms with Crippen molar-refractivity contribution in [1.82, 2.24) is 14.5 Å². The number of carbonyl (C=O) groups is 1. The number of hydrogen-bond donors (Lipinski definition) is 1. The molecule has 2 aromatic rings. The number of carbonyl (C=O) groups excluding carboxylic acids is 1. The highest BCUT2D eigenvalue weighted by atomic mass is 32.2.